The van der Waals surface area contributed by atoms with Crippen LogP contribution in [0, 0.1) is 5.41 Å². The van der Waals surface area contributed by atoms with Gasteiger partial charge in [0.15, 0.2) is 10.9 Å². The molecular formula is C22H25N3O2S2. The number of hydrogen-bond donors (Lipinski definition) is 1. The molecule has 2 aromatic heterocycles. The van der Waals surface area contributed by atoms with Gasteiger partial charge >= 0.3 is 0 Å². The summed E-state index contributed by atoms with van der Waals surface area (Å²) in [6.07, 6.45) is 1.84. The predicted molar refractivity (Wildman–Crippen MR) is 119 cm³/mol. The number of carbonyl (C=O) groups is 2. The van der Waals surface area contributed by atoms with Crippen molar-refractivity contribution < 1.29 is 9.59 Å². The van der Waals surface area contributed by atoms with Crippen LogP contribution in [0.1, 0.15) is 35.3 Å². The van der Waals surface area contributed by atoms with E-state index in [9.17, 15) is 9.59 Å². The molecule has 3 rings (SSSR count). The molecule has 0 unspecified atom stereocenters. The fraction of sp³-hybridized carbons (Fsp3) is 0.318. The summed E-state index contributed by atoms with van der Waals surface area (Å²) in [5.74, 6) is 0.393. The molecule has 0 spiro atoms. The molecule has 7 heteroatoms. The van der Waals surface area contributed by atoms with Gasteiger partial charge in [-0.2, -0.15) is 0 Å². The molecule has 0 fully saturated rings. The van der Waals surface area contributed by atoms with E-state index in [-0.39, 0.29) is 11.7 Å². The van der Waals surface area contributed by atoms with E-state index in [0.717, 1.165) is 21.3 Å². The molecule has 29 heavy (non-hydrogen) atoms. The molecule has 0 radical (unpaired) electrons. The molecule has 0 aliphatic rings. The van der Waals surface area contributed by atoms with E-state index in [1.165, 1.54) is 23.1 Å². The van der Waals surface area contributed by atoms with Gasteiger partial charge in [-0.15, -0.1) is 11.3 Å². The Morgan fingerprint density at radius 1 is 1.14 bits per heavy atom. The van der Waals surface area contributed by atoms with Crippen LogP contribution in [0.5, 0.6) is 0 Å². The first-order chi connectivity index (χ1) is 13.8. The van der Waals surface area contributed by atoms with Crippen LogP contribution in [0.3, 0.4) is 0 Å². The normalized spacial score (nSPS) is 11.4. The topological polar surface area (TPSA) is 64.0 Å². The zero-order valence-electron chi connectivity index (χ0n) is 17.1. The van der Waals surface area contributed by atoms with Gasteiger partial charge in [0.1, 0.15) is 0 Å². The third-order valence-electron chi connectivity index (χ3n) is 4.39. The van der Waals surface area contributed by atoms with E-state index in [0.29, 0.717) is 17.2 Å². The molecule has 0 saturated carbocycles. The Labute approximate surface area is 179 Å². The van der Waals surface area contributed by atoms with Crippen molar-refractivity contribution in [3.63, 3.8) is 0 Å². The van der Waals surface area contributed by atoms with Gasteiger partial charge in [0.05, 0.1) is 29.1 Å². The number of imidazole rings is 1. The summed E-state index contributed by atoms with van der Waals surface area (Å²) in [7, 11) is 1.96. The minimum atomic E-state index is -0.423. The molecule has 0 saturated heterocycles. The van der Waals surface area contributed by atoms with Crippen molar-refractivity contribution in [2.75, 3.05) is 5.75 Å². The molecule has 0 bridgehead atoms. The SMILES string of the molecule is Cn1c(-c2ccccc2)cnc1SCC(=O)c1ccc(CNC(=O)C(C)(C)C)s1. The van der Waals surface area contributed by atoms with E-state index in [4.69, 9.17) is 0 Å². The minimum Gasteiger partial charge on any atom is -0.351 e. The van der Waals surface area contributed by atoms with E-state index in [1.807, 2.05) is 81.0 Å². The number of ketones is 1. The highest BCUT2D eigenvalue weighted by Gasteiger charge is 2.21. The van der Waals surface area contributed by atoms with Gasteiger partial charge in [-0.05, 0) is 17.7 Å². The number of Topliss-reactive ketones (excluding diaryl/α,β-unsaturated/α-hetero) is 1. The summed E-state index contributed by atoms with van der Waals surface area (Å²) in [5, 5.41) is 3.73. The molecule has 0 aliphatic carbocycles. The summed E-state index contributed by atoms with van der Waals surface area (Å²) < 4.78 is 2.01. The molecule has 0 atom stereocenters. The van der Waals surface area contributed by atoms with E-state index in [2.05, 4.69) is 10.3 Å². The number of hydrogen-bond acceptors (Lipinski definition) is 5. The fourth-order valence-corrected chi connectivity index (χ4v) is 4.47. The van der Waals surface area contributed by atoms with Crippen LogP contribution in [0.15, 0.2) is 53.8 Å². The number of amides is 1. The van der Waals surface area contributed by atoms with E-state index in [1.54, 1.807) is 0 Å². The number of benzene rings is 1. The van der Waals surface area contributed by atoms with Gasteiger partial charge in [-0.25, -0.2) is 4.98 Å². The lowest BCUT2D eigenvalue weighted by Crippen LogP contribution is -2.34. The van der Waals surface area contributed by atoms with E-state index >= 15 is 0 Å². The lowest BCUT2D eigenvalue weighted by atomic mass is 9.96. The summed E-state index contributed by atoms with van der Waals surface area (Å²) in [6, 6.07) is 13.8. The average Bonchev–Trinajstić information content (AvgIpc) is 3.31. The first kappa shape index (κ1) is 21.3. The minimum absolute atomic E-state index is 0.00154. The summed E-state index contributed by atoms with van der Waals surface area (Å²) in [6.45, 7) is 6.08. The van der Waals surface area contributed by atoms with Crippen molar-refractivity contribution in [1.82, 2.24) is 14.9 Å². The lowest BCUT2D eigenvalue weighted by molar-refractivity contribution is -0.128. The maximum absolute atomic E-state index is 12.6. The van der Waals surface area contributed by atoms with Gasteiger partial charge < -0.3 is 9.88 Å². The Balaban J connectivity index is 1.57. The number of carbonyl (C=O) groups excluding carboxylic acids is 2. The quantitative estimate of drug-likeness (QED) is 0.435. The summed E-state index contributed by atoms with van der Waals surface area (Å²) in [5.41, 5.74) is 1.70. The molecule has 5 nitrogen and oxygen atoms in total. The highest BCUT2D eigenvalue weighted by Crippen LogP contribution is 2.26. The van der Waals surface area contributed by atoms with Crippen LogP contribution in [-0.4, -0.2) is 27.0 Å². The van der Waals surface area contributed by atoms with Crippen molar-refractivity contribution in [2.45, 2.75) is 32.5 Å². The predicted octanol–water partition coefficient (Wildman–Crippen LogP) is 4.79. The maximum Gasteiger partial charge on any atom is 0.225 e. The zero-order valence-corrected chi connectivity index (χ0v) is 18.7. The van der Waals surface area contributed by atoms with Crippen LogP contribution >= 0.6 is 23.1 Å². The number of nitrogens with one attached hydrogen (secondary N) is 1. The average molecular weight is 428 g/mol. The zero-order chi connectivity index (χ0) is 21.0. The third kappa shape index (κ3) is 5.36. The summed E-state index contributed by atoms with van der Waals surface area (Å²) >= 11 is 2.87. The molecule has 2 heterocycles. The van der Waals surface area contributed by atoms with Crippen LogP contribution in [0.4, 0.5) is 0 Å². The van der Waals surface area contributed by atoms with Crippen molar-refractivity contribution in [3.8, 4) is 11.3 Å². The molecule has 1 amide bonds. The summed E-state index contributed by atoms with van der Waals surface area (Å²) in [4.78, 5) is 30.7. The standard InChI is InChI=1S/C22H25N3O2S2/c1-22(2,3)20(27)23-12-16-10-11-19(29-16)18(26)14-28-21-24-13-17(25(21)4)15-8-6-5-7-9-15/h5-11,13H,12,14H2,1-4H3,(H,23,27). The van der Waals surface area contributed by atoms with Crippen LogP contribution in [0.25, 0.3) is 11.3 Å². The lowest BCUT2D eigenvalue weighted by Gasteiger charge is -2.17. The monoisotopic (exact) mass is 427 g/mol. The number of thioether (sulfide) groups is 1. The Bertz CT molecular complexity index is 1000. The fourth-order valence-electron chi connectivity index (χ4n) is 2.66. The number of aromatic nitrogens is 2. The van der Waals surface area contributed by atoms with Crippen molar-refractivity contribution >= 4 is 34.8 Å². The molecule has 0 aliphatic heterocycles. The molecule has 1 aromatic carbocycles. The Morgan fingerprint density at radius 2 is 1.86 bits per heavy atom. The molecular weight excluding hydrogens is 402 g/mol. The van der Waals surface area contributed by atoms with Crippen LogP contribution in [-0.2, 0) is 18.4 Å². The number of nitrogens with zero attached hydrogens (tertiary/aromatic N) is 2. The number of thiophene rings is 1. The van der Waals surface area contributed by atoms with Crippen molar-refractivity contribution in [3.05, 3.63) is 58.4 Å². The third-order valence-corrected chi connectivity index (χ3v) is 6.56. The smallest absolute Gasteiger partial charge is 0.225 e. The second-order valence-corrected chi connectivity index (χ2v) is 9.87. The van der Waals surface area contributed by atoms with Gasteiger partial charge in [0, 0.05) is 17.3 Å². The van der Waals surface area contributed by atoms with Gasteiger partial charge in [0.25, 0.3) is 0 Å². The molecule has 152 valence electrons. The largest absolute Gasteiger partial charge is 0.351 e. The van der Waals surface area contributed by atoms with Crippen molar-refractivity contribution in [2.24, 2.45) is 12.5 Å². The second kappa shape index (κ2) is 8.97. The van der Waals surface area contributed by atoms with Gasteiger partial charge in [-0.3, -0.25) is 9.59 Å². The van der Waals surface area contributed by atoms with E-state index < -0.39 is 5.41 Å². The Kier molecular flexibility index (Phi) is 6.59. The van der Waals surface area contributed by atoms with Crippen LogP contribution < -0.4 is 5.32 Å². The van der Waals surface area contributed by atoms with Crippen LogP contribution in [0.2, 0.25) is 0 Å². The Hall–Kier alpha value is -2.38. The second-order valence-electron chi connectivity index (χ2n) is 7.76. The van der Waals surface area contributed by atoms with Gasteiger partial charge in [-0.1, -0.05) is 62.9 Å². The molecule has 3 aromatic rings. The maximum atomic E-state index is 12.6. The highest BCUT2D eigenvalue weighted by atomic mass is 32.2. The van der Waals surface area contributed by atoms with Gasteiger partial charge in [0.2, 0.25) is 5.91 Å². The Morgan fingerprint density at radius 3 is 2.55 bits per heavy atom. The number of rotatable bonds is 7. The highest BCUT2D eigenvalue weighted by molar-refractivity contribution is 7.99. The first-order valence-electron chi connectivity index (χ1n) is 9.36. The first-order valence-corrected chi connectivity index (χ1v) is 11.2. The molecule has 1 N–H and O–H groups in total. The van der Waals surface area contributed by atoms with Crippen molar-refractivity contribution in [1.29, 1.82) is 0 Å².